The maximum atomic E-state index is 10.8. The zero-order valence-corrected chi connectivity index (χ0v) is 7.84. The van der Waals surface area contributed by atoms with Gasteiger partial charge in [-0.15, -0.1) is 0 Å². The van der Waals surface area contributed by atoms with Crippen LogP contribution in [0.2, 0.25) is 6.32 Å². The van der Waals surface area contributed by atoms with Crippen LogP contribution in [-0.4, -0.2) is 40.1 Å². The first-order valence-corrected chi connectivity index (χ1v) is 3.85. The molecule has 68 valence electrons. The van der Waals surface area contributed by atoms with Crippen molar-refractivity contribution in [1.82, 2.24) is 5.32 Å². The lowest BCUT2D eigenvalue weighted by molar-refractivity contribution is -0.120. The molecule has 0 aliphatic heterocycles. The van der Waals surface area contributed by atoms with Crippen LogP contribution in [0.1, 0.15) is 0 Å². The van der Waals surface area contributed by atoms with Gasteiger partial charge in [0, 0.05) is 7.11 Å². The average molecular weight is 189 g/mol. The normalized spacial score (nSPS) is 12.5. The first-order valence-electron chi connectivity index (χ1n) is 3.49. The van der Waals surface area contributed by atoms with Gasteiger partial charge in [-0.3, -0.25) is 4.79 Å². The molecule has 1 unspecified atom stereocenters. The molecule has 0 aliphatic rings. The van der Waals surface area contributed by atoms with Gasteiger partial charge in [0.25, 0.3) is 0 Å². The minimum Gasteiger partial charge on any atom is -0.382 e. The number of nitrogens with one attached hydrogen (secondary N) is 1. The molecule has 1 N–H and O–H groups in total. The molecular formula is C6H12BNO3S. The van der Waals surface area contributed by atoms with Crippen molar-refractivity contribution in [1.29, 1.82) is 0 Å². The summed E-state index contributed by atoms with van der Waals surface area (Å²) in [5.41, 5.74) is 0. The Morgan fingerprint density at radius 2 is 2.33 bits per heavy atom. The average Bonchev–Trinajstić information content (AvgIpc) is 2.05. The minimum atomic E-state index is -0.234. The molecule has 0 bridgehead atoms. The number of thiol groups is 1. The summed E-state index contributed by atoms with van der Waals surface area (Å²) in [5, 5.41) is 2.61. The van der Waals surface area contributed by atoms with E-state index in [0.29, 0.717) is 13.2 Å². The zero-order valence-electron chi connectivity index (χ0n) is 6.95. The highest BCUT2D eigenvalue weighted by Gasteiger charge is 2.09. The second kappa shape index (κ2) is 7.45. The van der Waals surface area contributed by atoms with Crippen molar-refractivity contribution >= 4 is 26.7 Å². The summed E-state index contributed by atoms with van der Waals surface area (Å²) in [6.45, 7) is 0.676. The number of amides is 1. The monoisotopic (exact) mass is 189 g/mol. The smallest absolute Gasteiger partial charge is 0.211 e. The number of carbonyl (C=O) groups is 1. The molecule has 0 heterocycles. The number of carbonyl (C=O) groups excluding carboxylic acids is 1. The molecule has 0 fully saturated rings. The lowest BCUT2D eigenvalue weighted by Gasteiger charge is -2.15. The first-order chi connectivity index (χ1) is 5.74. The number of rotatable bonds is 6. The van der Waals surface area contributed by atoms with Gasteiger partial charge in [0.1, 0.15) is 0 Å². The van der Waals surface area contributed by atoms with E-state index in [1.54, 1.807) is 7.11 Å². The molecule has 4 nitrogen and oxygen atoms in total. The van der Waals surface area contributed by atoms with Gasteiger partial charge < -0.3 is 14.2 Å². The number of hydrogen-bond donors (Lipinski definition) is 2. The molecule has 0 spiro atoms. The third kappa shape index (κ3) is 5.45. The fourth-order valence-corrected chi connectivity index (χ4v) is 0.889. The van der Waals surface area contributed by atoms with Crippen LogP contribution in [-0.2, 0) is 13.7 Å². The van der Waals surface area contributed by atoms with Gasteiger partial charge in [-0.2, -0.15) is 0 Å². The molecule has 1 atom stereocenters. The molecule has 0 aliphatic carbocycles. The summed E-state index contributed by atoms with van der Waals surface area (Å²) in [5.74, 6) is -0.234. The molecule has 0 rings (SSSR count). The molecule has 6 heteroatoms. The quantitative estimate of drug-likeness (QED) is 0.338. The minimum absolute atomic E-state index is 0.0349. The van der Waals surface area contributed by atoms with E-state index in [1.807, 2.05) is 0 Å². The van der Waals surface area contributed by atoms with Crippen molar-refractivity contribution < 1.29 is 13.7 Å². The van der Waals surface area contributed by atoms with E-state index in [4.69, 9.17) is 12.6 Å². The van der Waals surface area contributed by atoms with E-state index in [1.165, 1.54) is 0 Å². The van der Waals surface area contributed by atoms with Crippen molar-refractivity contribution in [3.05, 3.63) is 0 Å². The topological polar surface area (TPSA) is 47.6 Å². The van der Waals surface area contributed by atoms with Crippen LogP contribution >= 0.6 is 12.9 Å². The van der Waals surface area contributed by atoms with Crippen molar-refractivity contribution in [3.63, 3.8) is 0 Å². The van der Waals surface area contributed by atoms with Gasteiger partial charge in [-0.1, -0.05) is 0 Å². The van der Waals surface area contributed by atoms with Crippen LogP contribution in [0.4, 0.5) is 0 Å². The molecule has 1 amide bonds. The van der Waals surface area contributed by atoms with Gasteiger partial charge in [0.15, 0.2) is 0 Å². The molecule has 0 aromatic rings. The zero-order chi connectivity index (χ0) is 9.40. The summed E-state index contributed by atoms with van der Waals surface area (Å²) in [6.07, 6.45) is -0.0349. The highest BCUT2D eigenvalue weighted by atomic mass is 32.1. The lowest BCUT2D eigenvalue weighted by atomic mass is 10.0. The SMILES string of the molecule is [B]CC(=O)NC(COC)COS. The van der Waals surface area contributed by atoms with E-state index in [-0.39, 0.29) is 18.3 Å². The first kappa shape index (κ1) is 11.8. The highest BCUT2D eigenvalue weighted by molar-refractivity contribution is 7.75. The number of hydrogen-bond acceptors (Lipinski definition) is 4. The Hall–Kier alpha value is -0.195. The number of ether oxygens (including phenoxy) is 1. The summed E-state index contributed by atoms with van der Waals surface area (Å²) >= 11 is 3.57. The van der Waals surface area contributed by atoms with Crippen LogP contribution < -0.4 is 5.32 Å². The third-order valence-electron chi connectivity index (χ3n) is 1.19. The molecule has 0 saturated heterocycles. The fraction of sp³-hybridized carbons (Fsp3) is 0.833. The summed E-state index contributed by atoms with van der Waals surface area (Å²) < 4.78 is 9.39. The Morgan fingerprint density at radius 1 is 1.67 bits per heavy atom. The predicted octanol–water partition coefficient (Wildman–Crippen LogP) is -0.434. The van der Waals surface area contributed by atoms with E-state index < -0.39 is 0 Å². The van der Waals surface area contributed by atoms with Crippen LogP contribution in [0.5, 0.6) is 0 Å². The van der Waals surface area contributed by atoms with Crippen molar-refractivity contribution in [2.45, 2.75) is 12.4 Å². The molecule has 2 radical (unpaired) electrons. The molecular weight excluding hydrogens is 177 g/mol. The summed E-state index contributed by atoms with van der Waals surface area (Å²) in [4.78, 5) is 10.8. The van der Waals surface area contributed by atoms with Crippen molar-refractivity contribution in [3.8, 4) is 0 Å². The number of methoxy groups -OCH3 is 1. The Morgan fingerprint density at radius 3 is 2.75 bits per heavy atom. The maximum absolute atomic E-state index is 10.8. The van der Waals surface area contributed by atoms with E-state index in [0.717, 1.165) is 0 Å². The van der Waals surface area contributed by atoms with Crippen LogP contribution in [0.15, 0.2) is 0 Å². The molecule has 0 aromatic heterocycles. The van der Waals surface area contributed by atoms with E-state index >= 15 is 0 Å². The van der Waals surface area contributed by atoms with Gasteiger partial charge in [-0.25, -0.2) is 0 Å². The Bertz CT molecular complexity index is 130. The molecule has 0 saturated carbocycles. The fourth-order valence-electron chi connectivity index (χ4n) is 0.709. The Kier molecular flexibility index (Phi) is 7.33. The van der Waals surface area contributed by atoms with Gasteiger partial charge >= 0.3 is 0 Å². The summed E-state index contributed by atoms with van der Waals surface area (Å²) in [6, 6.07) is -0.191. The lowest BCUT2D eigenvalue weighted by Crippen LogP contribution is -2.40. The third-order valence-corrected chi connectivity index (χ3v) is 1.34. The van der Waals surface area contributed by atoms with Crippen LogP contribution in [0, 0.1) is 0 Å². The van der Waals surface area contributed by atoms with Gasteiger partial charge in [0.05, 0.1) is 27.1 Å². The molecule has 12 heavy (non-hydrogen) atoms. The van der Waals surface area contributed by atoms with Crippen molar-refractivity contribution in [2.24, 2.45) is 0 Å². The summed E-state index contributed by atoms with van der Waals surface area (Å²) in [7, 11) is 6.64. The Balaban J connectivity index is 3.68. The standard InChI is InChI=1S/C6H12BNO3S/c1-10-3-5(4-11-12)8-6(9)2-7/h5,12H,2-4H2,1H3,(H,8,9). The molecule has 0 aromatic carbocycles. The van der Waals surface area contributed by atoms with Crippen LogP contribution in [0.25, 0.3) is 0 Å². The largest absolute Gasteiger partial charge is 0.382 e. The van der Waals surface area contributed by atoms with E-state index in [9.17, 15) is 4.79 Å². The maximum Gasteiger partial charge on any atom is 0.211 e. The second-order valence-electron chi connectivity index (χ2n) is 2.22. The Labute approximate surface area is 79.0 Å². The highest BCUT2D eigenvalue weighted by Crippen LogP contribution is 1.90. The van der Waals surface area contributed by atoms with Crippen LogP contribution in [0.3, 0.4) is 0 Å². The van der Waals surface area contributed by atoms with Crippen molar-refractivity contribution in [2.75, 3.05) is 20.3 Å². The van der Waals surface area contributed by atoms with Gasteiger partial charge in [0.2, 0.25) is 5.91 Å². The predicted molar refractivity (Wildman–Crippen MR) is 49.3 cm³/mol. The second-order valence-corrected chi connectivity index (χ2v) is 2.48. The van der Waals surface area contributed by atoms with E-state index in [2.05, 4.69) is 22.4 Å². The van der Waals surface area contributed by atoms with Gasteiger partial charge in [-0.05, 0) is 19.2 Å².